The van der Waals surface area contributed by atoms with Crippen LogP contribution in [0.3, 0.4) is 0 Å². The van der Waals surface area contributed by atoms with E-state index in [4.69, 9.17) is 14.2 Å². The fourth-order valence-electron chi connectivity index (χ4n) is 4.16. The lowest BCUT2D eigenvalue weighted by molar-refractivity contribution is -0.159. The third-order valence-electron chi connectivity index (χ3n) is 5.78. The monoisotopic (exact) mass is 405 g/mol. The highest BCUT2D eigenvalue weighted by Gasteiger charge is 2.35. The summed E-state index contributed by atoms with van der Waals surface area (Å²) in [6.07, 6.45) is 3.33. The topological polar surface area (TPSA) is 73.9 Å². The quantitative estimate of drug-likeness (QED) is 0.667. The lowest BCUT2D eigenvalue weighted by atomic mass is 9.75. The minimum Gasteiger partial charge on any atom is -0.493 e. The molecule has 1 saturated carbocycles. The van der Waals surface area contributed by atoms with Gasteiger partial charge < -0.3 is 19.5 Å². The Hall–Kier alpha value is -2.24. The van der Waals surface area contributed by atoms with E-state index in [0.717, 1.165) is 24.8 Å². The summed E-state index contributed by atoms with van der Waals surface area (Å²) in [7, 11) is 3.14. The summed E-state index contributed by atoms with van der Waals surface area (Å²) < 4.78 is 16.6. The molecule has 0 bridgehead atoms. The summed E-state index contributed by atoms with van der Waals surface area (Å²) in [4.78, 5) is 24.7. The van der Waals surface area contributed by atoms with E-state index in [-0.39, 0.29) is 18.0 Å². The van der Waals surface area contributed by atoms with Crippen LogP contribution in [0.15, 0.2) is 18.2 Å². The number of benzene rings is 1. The molecule has 1 amide bonds. The second-order valence-electron chi connectivity index (χ2n) is 8.45. The van der Waals surface area contributed by atoms with E-state index < -0.39 is 6.04 Å². The van der Waals surface area contributed by atoms with Gasteiger partial charge in [0.15, 0.2) is 11.5 Å². The molecule has 0 heterocycles. The highest BCUT2D eigenvalue weighted by atomic mass is 16.5. The maximum Gasteiger partial charge on any atom is 0.329 e. The van der Waals surface area contributed by atoms with E-state index in [2.05, 4.69) is 26.1 Å². The average Bonchev–Trinajstić information content (AvgIpc) is 2.66. The number of esters is 1. The highest BCUT2D eigenvalue weighted by Crippen LogP contribution is 2.35. The zero-order valence-electron chi connectivity index (χ0n) is 18.5. The van der Waals surface area contributed by atoms with Crippen molar-refractivity contribution < 1.29 is 23.8 Å². The van der Waals surface area contributed by atoms with E-state index in [1.54, 1.807) is 20.3 Å². The number of hydrogen-bond donors (Lipinski definition) is 1. The van der Waals surface area contributed by atoms with Crippen molar-refractivity contribution in [3.63, 3.8) is 0 Å². The molecule has 6 heteroatoms. The van der Waals surface area contributed by atoms with Crippen molar-refractivity contribution in [2.24, 2.45) is 17.8 Å². The van der Waals surface area contributed by atoms with Crippen LogP contribution in [0.2, 0.25) is 0 Å². The molecule has 0 aliphatic heterocycles. The number of ether oxygens (including phenoxy) is 3. The summed E-state index contributed by atoms with van der Waals surface area (Å²) in [5.41, 5.74) is 0.857. The molecule has 0 aromatic heterocycles. The zero-order chi connectivity index (χ0) is 21.6. The molecule has 1 aliphatic rings. The van der Waals surface area contributed by atoms with Crippen molar-refractivity contribution >= 4 is 11.9 Å². The SMILES string of the molecule is COc1ccc(C[C@H](NC(C)=O)C(=O)OC2CC(C)CCC2C(C)C)cc1OC. The molecule has 4 atom stereocenters. The predicted molar refractivity (Wildman–Crippen MR) is 112 cm³/mol. The lowest BCUT2D eigenvalue weighted by Crippen LogP contribution is -2.45. The minimum absolute atomic E-state index is 0.104. The number of carbonyl (C=O) groups is 2. The van der Waals surface area contributed by atoms with Crippen LogP contribution in [-0.4, -0.2) is 38.2 Å². The third-order valence-corrected chi connectivity index (χ3v) is 5.78. The van der Waals surface area contributed by atoms with Crippen molar-refractivity contribution in [2.75, 3.05) is 14.2 Å². The molecule has 162 valence electrons. The Labute approximate surface area is 174 Å². The number of methoxy groups -OCH3 is 2. The smallest absolute Gasteiger partial charge is 0.329 e. The number of carbonyl (C=O) groups excluding carboxylic acids is 2. The van der Waals surface area contributed by atoms with Crippen LogP contribution in [0.1, 0.15) is 52.5 Å². The van der Waals surface area contributed by atoms with Gasteiger partial charge in [-0.3, -0.25) is 4.79 Å². The van der Waals surface area contributed by atoms with Crippen LogP contribution >= 0.6 is 0 Å². The van der Waals surface area contributed by atoms with Gasteiger partial charge in [0.25, 0.3) is 0 Å². The molecule has 6 nitrogen and oxygen atoms in total. The van der Waals surface area contributed by atoms with E-state index in [9.17, 15) is 9.59 Å². The molecule has 3 unspecified atom stereocenters. The van der Waals surface area contributed by atoms with Gasteiger partial charge in [-0.1, -0.05) is 33.3 Å². The Morgan fingerprint density at radius 2 is 1.83 bits per heavy atom. The standard InChI is InChI=1S/C23H35NO5/c1-14(2)18-9-7-15(3)11-21(18)29-23(26)19(24-16(4)25)12-17-8-10-20(27-5)22(13-17)28-6/h8,10,13-15,18-19,21H,7,9,11-12H2,1-6H3,(H,24,25)/t15?,18?,19-,21?/m0/s1. The van der Waals surface area contributed by atoms with Gasteiger partial charge in [0.05, 0.1) is 14.2 Å². The van der Waals surface area contributed by atoms with Crippen LogP contribution in [0, 0.1) is 17.8 Å². The van der Waals surface area contributed by atoms with E-state index in [1.165, 1.54) is 6.92 Å². The van der Waals surface area contributed by atoms with Gasteiger partial charge in [-0.05, 0) is 48.3 Å². The Kier molecular flexibility index (Phi) is 8.35. The molecule has 0 spiro atoms. The van der Waals surface area contributed by atoms with Crippen LogP contribution in [-0.2, 0) is 20.7 Å². The second-order valence-corrected chi connectivity index (χ2v) is 8.45. The van der Waals surface area contributed by atoms with Crippen LogP contribution in [0.5, 0.6) is 11.5 Å². The first-order valence-electron chi connectivity index (χ1n) is 10.4. The van der Waals surface area contributed by atoms with Gasteiger partial charge in [0.1, 0.15) is 12.1 Å². The molecule has 1 aliphatic carbocycles. The third kappa shape index (κ3) is 6.38. The van der Waals surface area contributed by atoms with Gasteiger partial charge in [0, 0.05) is 13.3 Å². The van der Waals surface area contributed by atoms with Gasteiger partial charge in [-0.15, -0.1) is 0 Å². The fourth-order valence-corrected chi connectivity index (χ4v) is 4.16. The van der Waals surface area contributed by atoms with Crippen molar-refractivity contribution in [2.45, 2.75) is 65.5 Å². The van der Waals surface area contributed by atoms with Crippen LogP contribution < -0.4 is 14.8 Å². The van der Waals surface area contributed by atoms with E-state index >= 15 is 0 Å². The largest absolute Gasteiger partial charge is 0.493 e. The highest BCUT2D eigenvalue weighted by molar-refractivity contribution is 5.83. The van der Waals surface area contributed by atoms with Gasteiger partial charge in [0.2, 0.25) is 5.91 Å². The van der Waals surface area contributed by atoms with Gasteiger partial charge in [-0.25, -0.2) is 4.79 Å². The maximum absolute atomic E-state index is 13.0. The molecular weight excluding hydrogens is 370 g/mol. The predicted octanol–water partition coefficient (Wildman–Crippen LogP) is 3.76. The summed E-state index contributed by atoms with van der Waals surface area (Å²) in [5, 5.41) is 2.75. The second kappa shape index (κ2) is 10.5. The summed E-state index contributed by atoms with van der Waals surface area (Å²) in [5.74, 6) is 1.91. The Bertz CT molecular complexity index is 703. The molecule has 29 heavy (non-hydrogen) atoms. The first-order chi connectivity index (χ1) is 13.7. The molecule has 2 rings (SSSR count). The maximum atomic E-state index is 13.0. The number of hydrogen-bond acceptors (Lipinski definition) is 5. The zero-order valence-corrected chi connectivity index (χ0v) is 18.5. The Morgan fingerprint density at radius 1 is 1.14 bits per heavy atom. The molecule has 1 aromatic carbocycles. The fraction of sp³-hybridized carbons (Fsp3) is 0.652. The summed E-state index contributed by atoms with van der Waals surface area (Å²) in [6, 6.07) is 4.74. The Balaban J connectivity index is 2.16. The van der Waals surface area contributed by atoms with Crippen molar-refractivity contribution in [1.29, 1.82) is 0 Å². The first kappa shape index (κ1) is 23.0. The molecule has 0 saturated heterocycles. The van der Waals surface area contributed by atoms with Gasteiger partial charge >= 0.3 is 5.97 Å². The molecule has 1 aromatic rings. The average molecular weight is 406 g/mol. The summed E-state index contributed by atoms with van der Waals surface area (Å²) in [6.45, 7) is 7.97. The number of amides is 1. The number of nitrogens with one attached hydrogen (secondary N) is 1. The van der Waals surface area contributed by atoms with Crippen LogP contribution in [0.25, 0.3) is 0 Å². The minimum atomic E-state index is -0.740. The summed E-state index contributed by atoms with van der Waals surface area (Å²) >= 11 is 0. The molecule has 1 N–H and O–H groups in total. The molecule has 0 radical (unpaired) electrons. The normalized spacial score (nSPS) is 22.7. The Morgan fingerprint density at radius 3 is 2.41 bits per heavy atom. The first-order valence-corrected chi connectivity index (χ1v) is 10.4. The van der Waals surface area contributed by atoms with Crippen molar-refractivity contribution in [1.82, 2.24) is 5.32 Å². The van der Waals surface area contributed by atoms with E-state index in [1.807, 2.05) is 12.1 Å². The van der Waals surface area contributed by atoms with Crippen molar-refractivity contribution in [3.05, 3.63) is 23.8 Å². The van der Waals surface area contributed by atoms with Gasteiger partial charge in [-0.2, -0.15) is 0 Å². The van der Waals surface area contributed by atoms with Crippen LogP contribution in [0.4, 0.5) is 0 Å². The molecular formula is C23H35NO5. The number of rotatable bonds is 8. The van der Waals surface area contributed by atoms with E-state index in [0.29, 0.717) is 35.7 Å². The van der Waals surface area contributed by atoms with Crippen molar-refractivity contribution in [3.8, 4) is 11.5 Å². The molecule has 1 fully saturated rings. The lowest BCUT2D eigenvalue weighted by Gasteiger charge is -2.37.